The van der Waals surface area contributed by atoms with Crippen LogP contribution >= 0.6 is 0 Å². The molecule has 96 valence electrons. The summed E-state index contributed by atoms with van der Waals surface area (Å²) in [6.45, 7) is 2.52. The highest BCUT2D eigenvalue weighted by Gasteiger charge is 2.29. The van der Waals surface area contributed by atoms with Gasteiger partial charge in [-0.15, -0.1) is 0 Å². The molecule has 0 N–H and O–H groups in total. The van der Waals surface area contributed by atoms with Gasteiger partial charge in [-0.05, 0) is 32.1 Å². The highest BCUT2D eigenvalue weighted by Crippen LogP contribution is 2.21. The van der Waals surface area contributed by atoms with Crippen LogP contribution in [0.3, 0.4) is 0 Å². The number of allylic oxidation sites excluding steroid dienone is 2. The van der Waals surface area contributed by atoms with E-state index < -0.39 is 5.92 Å². The number of rotatable bonds is 6. The Morgan fingerprint density at radius 1 is 1.41 bits per heavy atom. The molecule has 0 aromatic carbocycles. The minimum atomic E-state index is -0.477. The van der Waals surface area contributed by atoms with E-state index >= 15 is 0 Å². The van der Waals surface area contributed by atoms with Crippen LogP contribution in [0.25, 0.3) is 0 Å². The standard InChI is InChI=1S/C14H22O3/c1-2-3-4-5-8-11-17-14(16)12-9-6-7-10-13(12)15/h3-4,12H,2,5-11H2,1H3/b4-3+. The summed E-state index contributed by atoms with van der Waals surface area (Å²) in [5.74, 6) is -0.726. The van der Waals surface area contributed by atoms with Crippen molar-refractivity contribution in [1.82, 2.24) is 0 Å². The number of unbranched alkanes of at least 4 members (excludes halogenated alkanes) is 1. The maximum absolute atomic E-state index is 11.6. The minimum absolute atomic E-state index is 0.0622. The molecule has 1 fully saturated rings. The van der Waals surface area contributed by atoms with Crippen LogP contribution in [0.1, 0.15) is 51.9 Å². The fourth-order valence-electron chi connectivity index (χ4n) is 1.99. The van der Waals surface area contributed by atoms with Gasteiger partial charge in [-0.2, -0.15) is 0 Å². The van der Waals surface area contributed by atoms with Gasteiger partial charge in [0.05, 0.1) is 6.61 Å². The van der Waals surface area contributed by atoms with Crippen molar-refractivity contribution in [3.05, 3.63) is 12.2 Å². The van der Waals surface area contributed by atoms with Crippen molar-refractivity contribution in [3.63, 3.8) is 0 Å². The van der Waals surface area contributed by atoms with Gasteiger partial charge in [-0.3, -0.25) is 9.59 Å². The van der Waals surface area contributed by atoms with Crippen molar-refractivity contribution in [1.29, 1.82) is 0 Å². The molecule has 0 aromatic heterocycles. The molecule has 3 heteroatoms. The number of ether oxygens (including phenoxy) is 1. The summed E-state index contributed by atoms with van der Waals surface area (Å²) in [5.41, 5.74) is 0. The van der Waals surface area contributed by atoms with Gasteiger partial charge in [0.15, 0.2) is 0 Å². The van der Waals surface area contributed by atoms with Crippen molar-refractivity contribution < 1.29 is 14.3 Å². The number of hydrogen-bond donors (Lipinski definition) is 0. The molecule has 0 radical (unpaired) electrons. The molecule has 1 atom stereocenters. The van der Waals surface area contributed by atoms with Gasteiger partial charge in [-0.25, -0.2) is 0 Å². The fourth-order valence-corrected chi connectivity index (χ4v) is 1.99. The van der Waals surface area contributed by atoms with Gasteiger partial charge in [-0.1, -0.05) is 25.5 Å². The summed E-state index contributed by atoms with van der Waals surface area (Å²) in [5, 5.41) is 0. The quantitative estimate of drug-likeness (QED) is 0.309. The van der Waals surface area contributed by atoms with Crippen molar-refractivity contribution in [2.45, 2.75) is 51.9 Å². The first-order valence-electron chi connectivity index (χ1n) is 6.60. The van der Waals surface area contributed by atoms with E-state index in [1.54, 1.807) is 0 Å². The Morgan fingerprint density at radius 3 is 2.94 bits per heavy atom. The van der Waals surface area contributed by atoms with Gasteiger partial charge in [0.25, 0.3) is 0 Å². The van der Waals surface area contributed by atoms with Crippen LogP contribution in [0.5, 0.6) is 0 Å². The molecule has 0 saturated heterocycles. The topological polar surface area (TPSA) is 43.4 Å². The Kier molecular flexibility index (Phi) is 6.60. The number of carbonyl (C=O) groups excluding carboxylic acids is 2. The lowest BCUT2D eigenvalue weighted by molar-refractivity contribution is -0.153. The van der Waals surface area contributed by atoms with Gasteiger partial charge >= 0.3 is 5.97 Å². The summed E-state index contributed by atoms with van der Waals surface area (Å²) in [4.78, 5) is 23.1. The van der Waals surface area contributed by atoms with Crippen LogP contribution in [0.15, 0.2) is 12.2 Å². The summed E-state index contributed by atoms with van der Waals surface area (Å²) >= 11 is 0. The third kappa shape index (κ3) is 5.16. The number of hydrogen-bond acceptors (Lipinski definition) is 3. The zero-order valence-corrected chi connectivity index (χ0v) is 10.6. The zero-order chi connectivity index (χ0) is 12.5. The van der Waals surface area contributed by atoms with Crippen molar-refractivity contribution >= 4 is 11.8 Å². The Morgan fingerprint density at radius 2 is 2.24 bits per heavy atom. The van der Waals surface area contributed by atoms with E-state index in [1.807, 2.05) is 0 Å². The Bertz CT molecular complexity index is 281. The maximum Gasteiger partial charge on any atom is 0.316 e. The summed E-state index contributed by atoms with van der Waals surface area (Å²) in [6, 6.07) is 0. The van der Waals surface area contributed by atoms with E-state index in [0.717, 1.165) is 32.1 Å². The van der Waals surface area contributed by atoms with Crippen molar-refractivity contribution in [2.75, 3.05) is 6.61 Å². The molecule has 3 nitrogen and oxygen atoms in total. The first-order valence-corrected chi connectivity index (χ1v) is 6.60. The predicted molar refractivity (Wildman–Crippen MR) is 66.6 cm³/mol. The van der Waals surface area contributed by atoms with Gasteiger partial charge in [0.1, 0.15) is 11.7 Å². The monoisotopic (exact) mass is 238 g/mol. The average molecular weight is 238 g/mol. The molecule has 0 heterocycles. The molecule has 1 aliphatic carbocycles. The summed E-state index contributed by atoms with van der Waals surface area (Å²) < 4.78 is 5.14. The molecule has 1 saturated carbocycles. The van der Waals surface area contributed by atoms with E-state index in [4.69, 9.17) is 4.74 Å². The molecule has 0 aromatic rings. The Labute approximate surface area is 103 Å². The van der Waals surface area contributed by atoms with E-state index in [9.17, 15) is 9.59 Å². The molecule has 1 aliphatic rings. The van der Waals surface area contributed by atoms with Crippen molar-refractivity contribution in [2.24, 2.45) is 5.92 Å². The lowest BCUT2D eigenvalue weighted by Crippen LogP contribution is -2.29. The third-order valence-electron chi connectivity index (χ3n) is 3.00. The fraction of sp³-hybridized carbons (Fsp3) is 0.714. The molecule has 0 amide bonds. The highest BCUT2D eigenvalue weighted by molar-refractivity contribution is 5.99. The predicted octanol–water partition coefficient (Wildman–Crippen LogP) is 3.04. The second-order valence-electron chi connectivity index (χ2n) is 4.45. The first kappa shape index (κ1) is 13.9. The normalized spacial score (nSPS) is 20.8. The Balaban J connectivity index is 2.16. The van der Waals surface area contributed by atoms with Crippen LogP contribution in [0, 0.1) is 5.92 Å². The number of esters is 1. The smallest absolute Gasteiger partial charge is 0.316 e. The maximum atomic E-state index is 11.6. The van der Waals surface area contributed by atoms with E-state index in [1.165, 1.54) is 0 Å². The third-order valence-corrected chi connectivity index (χ3v) is 3.00. The van der Waals surface area contributed by atoms with Gasteiger partial charge < -0.3 is 4.74 Å². The highest BCUT2D eigenvalue weighted by atomic mass is 16.5. The number of ketones is 1. The molecule has 0 spiro atoms. The molecule has 0 bridgehead atoms. The molecule has 17 heavy (non-hydrogen) atoms. The minimum Gasteiger partial charge on any atom is -0.465 e. The second-order valence-corrected chi connectivity index (χ2v) is 4.45. The first-order chi connectivity index (χ1) is 8.25. The number of Topliss-reactive ketones (excluding diaryl/α,β-unsaturated/α-hetero) is 1. The van der Waals surface area contributed by atoms with Crippen LogP contribution in [-0.4, -0.2) is 18.4 Å². The van der Waals surface area contributed by atoms with Crippen LogP contribution in [0.4, 0.5) is 0 Å². The summed E-state index contributed by atoms with van der Waals surface area (Å²) in [6.07, 6.45) is 10.1. The Hall–Kier alpha value is -1.12. The van der Waals surface area contributed by atoms with E-state index in [2.05, 4.69) is 19.1 Å². The number of carbonyl (C=O) groups is 2. The molecule has 1 unspecified atom stereocenters. The summed E-state index contributed by atoms with van der Waals surface area (Å²) in [7, 11) is 0. The molecule has 0 aliphatic heterocycles. The van der Waals surface area contributed by atoms with E-state index in [-0.39, 0.29) is 11.8 Å². The second kappa shape index (κ2) is 8.04. The van der Waals surface area contributed by atoms with Crippen LogP contribution in [-0.2, 0) is 14.3 Å². The van der Waals surface area contributed by atoms with Crippen molar-refractivity contribution in [3.8, 4) is 0 Å². The molecular weight excluding hydrogens is 216 g/mol. The van der Waals surface area contributed by atoms with Gasteiger partial charge in [0.2, 0.25) is 0 Å². The van der Waals surface area contributed by atoms with Gasteiger partial charge in [0, 0.05) is 6.42 Å². The SMILES string of the molecule is CC/C=C/CCCOC(=O)C1CCCCC1=O. The van der Waals surface area contributed by atoms with Crippen LogP contribution in [0.2, 0.25) is 0 Å². The molecule has 1 rings (SSSR count). The largest absolute Gasteiger partial charge is 0.465 e. The lowest BCUT2D eigenvalue weighted by atomic mass is 9.88. The van der Waals surface area contributed by atoms with E-state index in [0.29, 0.717) is 19.4 Å². The molecular formula is C14H22O3. The van der Waals surface area contributed by atoms with Crippen LogP contribution < -0.4 is 0 Å². The zero-order valence-electron chi connectivity index (χ0n) is 10.6. The lowest BCUT2D eigenvalue weighted by Gasteiger charge is -2.18. The average Bonchev–Trinajstić information content (AvgIpc) is 2.34.